The van der Waals surface area contributed by atoms with E-state index in [1.165, 1.54) is 0 Å². The zero-order valence-corrected chi connectivity index (χ0v) is 9.66. The number of rotatable bonds is 4. The quantitative estimate of drug-likeness (QED) is 0.361. The third kappa shape index (κ3) is 4.00. The van der Waals surface area contributed by atoms with Gasteiger partial charge in [0.1, 0.15) is 0 Å². The SMILES string of the molecule is Cc1cc(C)nc(SCCCS)n1. The summed E-state index contributed by atoms with van der Waals surface area (Å²) in [5.41, 5.74) is 2.08. The van der Waals surface area contributed by atoms with Crippen LogP contribution < -0.4 is 0 Å². The first-order valence-electron chi connectivity index (χ1n) is 4.28. The van der Waals surface area contributed by atoms with Crippen LogP contribution in [0.3, 0.4) is 0 Å². The van der Waals surface area contributed by atoms with Gasteiger partial charge < -0.3 is 0 Å². The molecule has 1 rings (SSSR count). The number of hydrogen-bond acceptors (Lipinski definition) is 4. The van der Waals surface area contributed by atoms with Crippen LogP contribution in [0.1, 0.15) is 17.8 Å². The normalized spacial score (nSPS) is 10.4. The van der Waals surface area contributed by atoms with Crippen LogP contribution in [-0.4, -0.2) is 21.5 Å². The summed E-state index contributed by atoms with van der Waals surface area (Å²) >= 11 is 5.86. The maximum absolute atomic E-state index is 4.33. The Labute approximate surface area is 89.0 Å². The number of thiol groups is 1. The number of aromatic nitrogens is 2. The molecule has 4 heteroatoms. The van der Waals surface area contributed by atoms with Crippen molar-refractivity contribution in [3.05, 3.63) is 17.5 Å². The maximum Gasteiger partial charge on any atom is 0.187 e. The number of hydrogen-bond donors (Lipinski definition) is 1. The molecule has 0 N–H and O–H groups in total. The van der Waals surface area contributed by atoms with Crippen molar-refractivity contribution in [1.29, 1.82) is 0 Å². The van der Waals surface area contributed by atoms with Crippen LogP contribution in [0.4, 0.5) is 0 Å². The van der Waals surface area contributed by atoms with Crippen molar-refractivity contribution in [3.63, 3.8) is 0 Å². The Kier molecular flexibility index (Phi) is 4.59. The van der Waals surface area contributed by atoms with Gasteiger partial charge in [0.25, 0.3) is 0 Å². The lowest BCUT2D eigenvalue weighted by Crippen LogP contribution is -1.93. The molecule has 0 aliphatic carbocycles. The molecule has 1 aromatic rings. The fourth-order valence-corrected chi connectivity index (χ4v) is 2.25. The number of nitrogens with zero attached hydrogens (tertiary/aromatic N) is 2. The van der Waals surface area contributed by atoms with E-state index in [1.54, 1.807) is 11.8 Å². The molecule has 0 amide bonds. The van der Waals surface area contributed by atoms with Gasteiger partial charge in [-0.1, -0.05) is 11.8 Å². The third-order valence-corrected chi connectivity index (χ3v) is 2.75. The molecule has 0 saturated heterocycles. The van der Waals surface area contributed by atoms with E-state index >= 15 is 0 Å². The van der Waals surface area contributed by atoms with Crippen LogP contribution in [-0.2, 0) is 0 Å². The first-order chi connectivity index (χ1) is 6.22. The highest BCUT2D eigenvalue weighted by Gasteiger charge is 1.99. The molecule has 0 radical (unpaired) electrons. The van der Waals surface area contributed by atoms with Crippen molar-refractivity contribution in [2.45, 2.75) is 25.4 Å². The average molecular weight is 214 g/mol. The van der Waals surface area contributed by atoms with E-state index in [1.807, 2.05) is 19.9 Å². The second-order valence-electron chi connectivity index (χ2n) is 2.86. The molecule has 72 valence electrons. The van der Waals surface area contributed by atoms with Gasteiger partial charge in [-0.15, -0.1) is 0 Å². The molecular formula is C9H14N2S2. The van der Waals surface area contributed by atoms with E-state index in [4.69, 9.17) is 0 Å². The largest absolute Gasteiger partial charge is 0.228 e. The van der Waals surface area contributed by atoms with E-state index in [9.17, 15) is 0 Å². The van der Waals surface area contributed by atoms with Gasteiger partial charge in [0.2, 0.25) is 0 Å². The van der Waals surface area contributed by atoms with Crippen LogP contribution in [0.25, 0.3) is 0 Å². The molecule has 0 spiro atoms. The Hall–Kier alpha value is -0.220. The van der Waals surface area contributed by atoms with E-state index in [0.29, 0.717) is 0 Å². The lowest BCUT2D eigenvalue weighted by molar-refractivity contribution is 0.900. The predicted molar refractivity (Wildman–Crippen MR) is 60.7 cm³/mol. The van der Waals surface area contributed by atoms with Crippen LogP contribution in [0.5, 0.6) is 0 Å². The number of aryl methyl sites for hydroxylation is 2. The predicted octanol–water partition coefficient (Wildman–Crippen LogP) is 2.51. The molecule has 1 aromatic heterocycles. The molecule has 0 aromatic carbocycles. The van der Waals surface area contributed by atoms with Gasteiger partial charge in [0.15, 0.2) is 5.16 Å². The topological polar surface area (TPSA) is 25.8 Å². The molecule has 1 heterocycles. The lowest BCUT2D eigenvalue weighted by Gasteiger charge is -2.01. The molecule has 0 fully saturated rings. The summed E-state index contributed by atoms with van der Waals surface area (Å²) in [4.78, 5) is 8.67. The van der Waals surface area contributed by atoms with Crippen LogP contribution in [0, 0.1) is 13.8 Å². The average Bonchev–Trinajstić information content (AvgIpc) is 2.03. The summed E-state index contributed by atoms with van der Waals surface area (Å²) in [7, 11) is 0. The Balaban J connectivity index is 2.56. The second kappa shape index (κ2) is 5.50. The van der Waals surface area contributed by atoms with Crippen LogP contribution in [0.15, 0.2) is 11.2 Å². The Morgan fingerprint density at radius 1 is 1.31 bits per heavy atom. The smallest absolute Gasteiger partial charge is 0.187 e. The fourth-order valence-electron chi connectivity index (χ4n) is 0.986. The second-order valence-corrected chi connectivity index (χ2v) is 4.37. The van der Waals surface area contributed by atoms with Gasteiger partial charge in [-0.3, -0.25) is 0 Å². The van der Waals surface area contributed by atoms with Crippen molar-refractivity contribution in [2.24, 2.45) is 0 Å². The third-order valence-electron chi connectivity index (χ3n) is 1.50. The molecule has 2 nitrogen and oxygen atoms in total. The zero-order valence-electron chi connectivity index (χ0n) is 7.95. The minimum Gasteiger partial charge on any atom is -0.228 e. The summed E-state index contributed by atoms with van der Waals surface area (Å²) < 4.78 is 0. The van der Waals surface area contributed by atoms with E-state index in [-0.39, 0.29) is 0 Å². The molecule has 13 heavy (non-hydrogen) atoms. The molecule has 0 saturated carbocycles. The molecule has 0 bridgehead atoms. The van der Waals surface area contributed by atoms with Gasteiger partial charge in [-0.25, -0.2) is 9.97 Å². The Morgan fingerprint density at radius 2 is 1.92 bits per heavy atom. The summed E-state index contributed by atoms with van der Waals surface area (Å²) in [5, 5.41) is 0.888. The molecule has 0 aliphatic rings. The number of thioether (sulfide) groups is 1. The molecule has 0 atom stereocenters. The van der Waals surface area contributed by atoms with Crippen molar-refractivity contribution in [1.82, 2.24) is 9.97 Å². The van der Waals surface area contributed by atoms with E-state index in [2.05, 4.69) is 22.6 Å². The highest BCUT2D eigenvalue weighted by atomic mass is 32.2. The summed E-state index contributed by atoms with van der Waals surface area (Å²) in [5.74, 6) is 1.98. The summed E-state index contributed by atoms with van der Waals surface area (Å²) in [6.45, 7) is 3.99. The lowest BCUT2D eigenvalue weighted by atomic mass is 10.4. The molecule has 0 unspecified atom stereocenters. The maximum atomic E-state index is 4.33. The van der Waals surface area contributed by atoms with Gasteiger partial charge in [-0.2, -0.15) is 12.6 Å². The van der Waals surface area contributed by atoms with Crippen LogP contribution in [0.2, 0.25) is 0 Å². The standard InChI is InChI=1S/C9H14N2S2/c1-7-6-8(2)11-9(10-7)13-5-3-4-12/h6,12H,3-5H2,1-2H3. The summed E-state index contributed by atoms with van der Waals surface area (Å²) in [6, 6.07) is 1.99. The molecular weight excluding hydrogens is 200 g/mol. The van der Waals surface area contributed by atoms with Crippen molar-refractivity contribution in [3.8, 4) is 0 Å². The summed E-state index contributed by atoms with van der Waals surface area (Å²) in [6.07, 6.45) is 1.10. The van der Waals surface area contributed by atoms with Gasteiger partial charge >= 0.3 is 0 Å². The highest BCUT2D eigenvalue weighted by Crippen LogP contribution is 2.14. The fraction of sp³-hybridized carbons (Fsp3) is 0.556. The van der Waals surface area contributed by atoms with Crippen LogP contribution >= 0.6 is 24.4 Å². The minimum absolute atomic E-state index is 0.888. The Morgan fingerprint density at radius 3 is 2.46 bits per heavy atom. The first kappa shape index (κ1) is 10.9. The van der Waals surface area contributed by atoms with Gasteiger partial charge in [0.05, 0.1) is 0 Å². The van der Waals surface area contributed by atoms with Crippen molar-refractivity contribution < 1.29 is 0 Å². The van der Waals surface area contributed by atoms with Crippen molar-refractivity contribution >= 4 is 24.4 Å². The van der Waals surface area contributed by atoms with Gasteiger partial charge in [-0.05, 0) is 32.1 Å². The van der Waals surface area contributed by atoms with Crippen molar-refractivity contribution in [2.75, 3.05) is 11.5 Å². The monoisotopic (exact) mass is 214 g/mol. The highest BCUT2D eigenvalue weighted by molar-refractivity contribution is 7.99. The minimum atomic E-state index is 0.888. The Bertz CT molecular complexity index is 256. The zero-order chi connectivity index (χ0) is 9.68. The van der Waals surface area contributed by atoms with E-state index in [0.717, 1.165) is 34.5 Å². The van der Waals surface area contributed by atoms with Gasteiger partial charge in [0, 0.05) is 17.1 Å². The molecule has 0 aliphatic heterocycles. The van der Waals surface area contributed by atoms with E-state index < -0.39 is 0 Å². The first-order valence-corrected chi connectivity index (χ1v) is 5.90.